The Bertz CT molecular complexity index is 1340. The Morgan fingerprint density at radius 3 is 2.94 bits per heavy atom. The summed E-state index contributed by atoms with van der Waals surface area (Å²) in [4.78, 5) is 12.6. The van der Waals surface area contributed by atoms with Gasteiger partial charge in [0.05, 0.1) is 5.69 Å². The van der Waals surface area contributed by atoms with Crippen LogP contribution in [0.3, 0.4) is 0 Å². The lowest BCUT2D eigenvalue weighted by Crippen LogP contribution is -2.49. The maximum atomic E-state index is 15.0. The quantitative estimate of drug-likeness (QED) is 0.551. The molecule has 2 aromatic rings. The minimum Gasteiger partial charge on any atom is -0.448 e. The van der Waals surface area contributed by atoms with Crippen molar-refractivity contribution in [3.63, 3.8) is 0 Å². The topological polar surface area (TPSA) is 34.2 Å². The number of rotatable bonds is 2. The number of aryl methyl sites for hydroxylation is 1. The molecular formula is C27H27BF2N2O2. The van der Waals surface area contributed by atoms with E-state index < -0.39 is 6.97 Å². The number of aromatic nitrogens is 1. The summed E-state index contributed by atoms with van der Waals surface area (Å²) in [7, 11) is 0. The first kappa shape index (κ1) is 20.4. The highest BCUT2D eigenvalue weighted by atomic mass is 19.2. The minimum atomic E-state index is -3.92. The van der Waals surface area contributed by atoms with Gasteiger partial charge >= 0.3 is 6.97 Å². The van der Waals surface area contributed by atoms with E-state index in [1.807, 2.05) is 6.07 Å². The van der Waals surface area contributed by atoms with Gasteiger partial charge in [-0.05, 0) is 91.4 Å². The molecule has 1 aromatic carbocycles. The zero-order valence-corrected chi connectivity index (χ0v) is 19.2. The molecule has 7 heteroatoms. The standard InChI is InChI=1S/C27H27BF2N2O2/c1-27-13-12-20-19-9-7-18(16-17(19)6-8-21(20)22(27)10-11-25(27)33)34-26-23-4-2-14-31(23)28(29,30)32-15-3-5-24(26)32/h2-5,7,9,14-16,20-22H,6,8,10-13H2,1H3/t20-,21-,22+,27+/m1/s1. The van der Waals surface area contributed by atoms with Gasteiger partial charge in [0.2, 0.25) is 11.5 Å². The molecule has 0 amide bonds. The van der Waals surface area contributed by atoms with Crippen LogP contribution in [0.2, 0.25) is 0 Å². The fourth-order valence-electron chi connectivity index (χ4n) is 7.60. The van der Waals surface area contributed by atoms with Crippen molar-refractivity contribution in [2.24, 2.45) is 17.3 Å². The summed E-state index contributed by atoms with van der Waals surface area (Å²) in [6.45, 7) is -1.72. The van der Waals surface area contributed by atoms with Gasteiger partial charge in [-0.2, -0.15) is 0 Å². The molecule has 7 rings (SSSR count). The summed E-state index contributed by atoms with van der Waals surface area (Å²) in [6.07, 6.45) is 12.1. The number of benzene rings is 1. The monoisotopic (exact) mass is 460 g/mol. The average molecular weight is 460 g/mol. The number of carbonyl (C=O) groups is 1. The zero-order valence-electron chi connectivity index (χ0n) is 19.2. The van der Waals surface area contributed by atoms with Crippen molar-refractivity contribution in [1.82, 2.24) is 4.48 Å². The van der Waals surface area contributed by atoms with Gasteiger partial charge in [0, 0.05) is 24.0 Å². The highest BCUT2D eigenvalue weighted by molar-refractivity contribution is 6.57. The predicted molar refractivity (Wildman–Crippen MR) is 127 cm³/mol. The van der Waals surface area contributed by atoms with Crippen LogP contribution in [0.5, 0.6) is 5.75 Å². The van der Waals surface area contributed by atoms with Gasteiger partial charge in [-0.3, -0.25) is 4.79 Å². The second-order valence-corrected chi connectivity index (χ2v) is 10.8. The zero-order chi connectivity index (χ0) is 23.2. The molecule has 4 nitrogen and oxygen atoms in total. The molecular weight excluding hydrogens is 433 g/mol. The molecule has 0 bridgehead atoms. The Morgan fingerprint density at radius 1 is 1.18 bits per heavy atom. The van der Waals surface area contributed by atoms with E-state index in [1.165, 1.54) is 23.5 Å². The van der Waals surface area contributed by atoms with Gasteiger partial charge in [-0.1, -0.05) is 13.0 Å². The van der Waals surface area contributed by atoms with Crippen molar-refractivity contribution in [3.05, 3.63) is 71.2 Å². The van der Waals surface area contributed by atoms with Crippen LogP contribution in [0.25, 0.3) is 5.76 Å². The van der Waals surface area contributed by atoms with Crippen LogP contribution in [-0.4, -0.2) is 27.9 Å². The first-order valence-electron chi connectivity index (χ1n) is 12.5. The Morgan fingerprint density at radius 2 is 2.06 bits per heavy atom. The van der Waals surface area contributed by atoms with Crippen LogP contribution in [0.4, 0.5) is 8.63 Å². The molecule has 0 N–H and O–H groups in total. The van der Waals surface area contributed by atoms with Crippen LogP contribution in [0.15, 0.2) is 54.4 Å². The average Bonchev–Trinajstić information content (AvgIpc) is 3.57. The number of carbonyl (C=O) groups excluding carboxylic acids is 1. The Hall–Kier alpha value is -2.96. The van der Waals surface area contributed by atoms with E-state index in [4.69, 9.17) is 4.74 Å². The summed E-state index contributed by atoms with van der Waals surface area (Å²) < 4.78 is 38.4. The molecule has 174 valence electrons. The van der Waals surface area contributed by atoms with Crippen LogP contribution < -0.4 is 4.74 Å². The summed E-state index contributed by atoms with van der Waals surface area (Å²) in [6, 6.07) is 9.59. The number of hydrogen-bond donors (Lipinski definition) is 0. The summed E-state index contributed by atoms with van der Waals surface area (Å²) in [5.74, 6) is 3.19. The van der Waals surface area contributed by atoms with Crippen molar-refractivity contribution in [2.45, 2.75) is 51.4 Å². The Balaban J connectivity index is 1.22. The van der Waals surface area contributed by atoms with Gasteiger partial charge < -0.3 is 22.3 Å². The maximum Gasteiger partial charge on any atom is 0.737 e. The second kappa shape index (κ2) is 6.80. The first-order valence-corrected chi connectivity index (χ1v) is 12.5. The number of hydrogen-bond acceptors (Lipinski definition) is 2. The van der Waals surface area contributed by atoms with Gasteiger partial charge in [0.15, 0.2) is 0 Å². The number of Topliss-reactive ketones (excluding diaryl/α,β-unsaturated/α-hetero) is 1. The van der Waals surface area contributed by atoms with Crippen LogP contribution in [0, 0.1) is 17.3 Å². The van der Waals surface area contributed by atoms with E-state index in [2.05, 4.69) is 19.1 Å². The van der Waals surface area contributed by atoms with Gasteiger partial charge in [0.1, 0.15) is 17.7 Å². The van der Waals surface area contributed by atoms with Gasteiger partial charge in [-0.15, -0.1) is 0 Å². The van der Waals surface area contributed by atoms with Gasteiger partial charge in [-0.25, -0.2) is 0 Å². The molecule has 0 spiro atoms. The molecule has 4 atom stereocenters. The number of halogens is 2. The molecule has 2 aliphatic heterocycles. The fourth-order valence-corrected chi connectivity index (χ4v) is 7.60. The number of allylic oxidation sites excluding steroid dienone is 2. The molecule has 0 radical (unpaired) electrons. The molecule has 0 saturated heterocycles. The third-order valence-corrected chi connectivity index (χ3v) is 9.32. The molecule has 0 unspecified atom stereocenters. The minimum absolute atomic E-state index is 0.118. The largest absolute Gasteiger partial charge is 0.737 e. The smallest absolute Gasteiger partial charge is 0.448 e. The SMILES string of the molecule is C[C@]12CC[C@@H]3c4ccc(OC5=C6C=CC=[N+]6[B-](F)(F)n6cccc65)cc4CC[C@H]3[C@@H]1CCC2=O. The van der Waals surface area contributed by atoms with Crippen LogP contribution in [-0.2, 0) is 11.2 Å². The van der Waals surface area contributed by atoms with E-state index in [1.54, 1.807) is 24.3 Å². The Kier molecular flexibility index (Phi) is 4.09. The lowest BCUT2D eigenvalue weighted by Gasteiger charge is -2.48. The number of ether oxygens (including phenoxy) is 1. The van der Waals surface area contributed by atoms with Crippen LogP contribution >= 0.6 is 0 Å². The Labute approximate surface area is 197 Å². The molecule has 3 aliphatic carbocycles. The third-order valence-electron chi connectivity index (χ3n) is 9.32. The number of nitrogens with zero attached hydrogens (tertiary/aromatic N) is 2. The molecule has 2 fully saturated rings. The third kappa shape index (κ3) is 2.58. The highest BCUT2D eigenvalue weighted by Crippen LogP contribution is 2.59. The summed E-state index contributed by atoms with van der Waals surface area (Å²) >= 11 is 0. The van der Waals surface area contributed by atoms with E-state index >= 15 is 0 Å². The molecule has 34 heavy (non-hydrogen) atoms. The first-order chi connectivity index (χ1) is 16.4. The highest BCUT2D eigenvalue weighted by Gasteiger charge is 2.55. The second-order valence-electron chi connectivity index (χ2n) is 10.8. The van der Waals surface area contributed by atoms with Crippen molar-refractivity contribution in [1.29, 1.82) is 0 Å². The van der Waals surface area contributed by atoms with E-state index in [9.17, 15) is 13.4 Å². The van der Waals surface area contributed by atoms with Gasteiger partial charge in [0.25, 0.3) is 0 Å². The molecule has 5 aliphatic rings. The van der Waals surface area contributed by atoms with Crippen LogP contribution in [0.1, 0.15) is 61.8 Å². The molecule has 2 saturated carbocycles. The summed E-state index contributed by atoms with van der Waals surface area (Å²) in [5, 5.41) is 0. The van der Waals surface area contributed by atoms with Crippen molar-refractivity contribution >= 4 is 24.7 Å². The summed E-state index contributed by atoms with van der Waals surface area (Å²) in [5.41, 5.74) is 3.36. The van der Waals surface area contributed by atoms with E-state index in [0.29, 0.717) is 46.4 Å². The number of fused-ring (bicyclic) bond motifs is 7. The molecule has 3 heterocycles. The lowest BCUT2D eigenvalue weighted by molar-refractivity contribution is -0.357. The fraction of sp³-hybridized carbons (Fsp3) is 0.407. The van der Waals surface area contributed by atoms with Crippen molar-refractivity contribution in [3.8, 4) is 5.75 Å². The molecule has 1 aromatic heterocycles. The maximum absolute atomic E-state index is 15.0. The number of ketones is 1. The lowest BCUT2D eigenvalue weighted by atomic mass is 9.55. The van der Waals surface area contributed by atoms with E-state index in [-0.39, 0.29) is 5.41 Å². The van der Waals surface area contributed by atoms with Crippen molar-refractivity contribution in [2.75, 3.05) is 0 Å². The van der Waals surface area contributed by atoms with E-state index in [0.717, 1.165) is 47.5 Å². The van der Waals surface area contributed by atoms with Crippen molar-refractivity contribution < 1.29 is 22.6 Å². The predicted octanol–water partition coefficient (Wildman–Crippen LogP) is 5.55. The normalized spacial score (nSPS) is 32.5.